The third-order valence-electron chi connectivity index (χ3n) is 10.2. The quantitative estimate of drug-likeness (QED) is 0.187. The molecule has 7 aromatic carbocycles. The van der Waals surface area contributed by atoms with Gasteiger partial charge in [-0.2, -0.15) is 0 Å². The Morgan fingerprint density at radius 2 is 1.02 bits per heavy atom. The van der Waals surface area contributed by atoms with Crippen molar-refractivity contribution in [2.45, 2.75) is 6.92 Å². The fraction of sp³-hybridized carbons (Fsp3) is 0.0217. The summed E-state index contributed by atoms with van der Waals surface area (Å²) in [7, 11) is 0. The molecule has 0 fully saturated rings. The number of aromatic nitrogens is 4. The summed E-state index contributed by atoms with van der Waals surface area (Å²) in [5.41, 5.74) is 10.1. The molecule has 0 amide bonds. The molecule has 6 nitrogen and oxygen atoms in total. The maximum Gasteiger partial charge on any atom is 0.168 e. The first-order valence-corrected chi connectivity index (χ1v) is 17.4. The predicted molar refractivity (Wildman–Crippen MR) is 210 cm³/mol. The number of benzene rings is 7. The van der Waals surface area contributed by atoms with Crippen molar-refractivity contribution < 1.29 is 8.83 Å². The third-order valence-corrected chi connectivity index (χ3v) is 10.2. The topological polar surface area (TPSA) is 69.9 Å². The van der Waals surface area contributed by atoms with Gasteiger partial charge in [-0.1, -0.05) is 115 Å². The van der Waals surface area contributed by atoms with Crippen LogP contribution in [0.15, 0.2) is 160 Å². The van der Waals surface area contributed by atoms with Gasteiger partial charge >= 0.3 is 0 Å². The molecule has 6 heteroatoms. The highest BCUT2D eigenvalue weighted by atomic mass is 16.3. The molecular weight excluding hydrogens is 641 g/mol. The molecule has 0 aliphatic carbocycles. The van der Waals surface area contributed by atoms with Crippen LogP contribution in [0, 0.1) is 6.92 Å². The second-order valence-electron chi connectivity index (χ2n) is 13.2. The van der Waals surface area contributed by atoms with Crippen molar-refractivity contribution in [3.05, 3.63) is 157 Å². The lowest BCUT2D eigenvalue weighted by Crippen LogP contribution is -2.03. The largest absolute Gasteiger partial charge is 0.456 e. The van der Waals surface area contributed by atoms with Crippen LogP contribution in [0.4, 0.5) is 0 Å². The molecular formula is C46H28N4O2. The van der Waals surface area contributed by atoms with Crippen LogP contribution in [0.1, 0.15) is 5.56 Å². The summed E-state index contributed by atoms with van der Waals surface area (Å²) >= 11 is 0. The number of hydrogen-bond donors (Lipinski definition) is 0. The summed E-state index contributed by atoms with van der Waals surface area (Å²) in [5, 5.41) is 6.51. The fourth-order valence-electron chi connectivity index (χ4n) is 7.89. The molecule has 0 atom stereocenters. The monoisotopic (exact) mass is 668 g/mol. The molecule has 0 N–H and O–H groups in total. The third kappa shape index (κ3) is 4.15. The van der Waals surface area contributed by atoms with Crippen molar-refractivity contribution in [2.75, 3.05) is 0 Å². The van der Waals surface area contributed by atoms with Crippen LogP contribution in [-0.4, -0.2) is 19.5 Å². The van der Waals surface area contributed by atoms with E-state index in [2.05, 4.69) is 78.2 Å². The van der Waals surface area contributed by atoms with E-state index in [-0.39, 0.29) is 0 Å². The summed E-state index contributed by atoms with van der Waals surface area (Å²) in [6, 6.07) is 51.8. The molecule has 0 spiro atoms. The average Bonchev–Trinajstić information content (AvgIpc) is 3.88. The van der Waals surface area contributed by atoms with Crippen molar-refractivity contribution in [1.29, 1.82) is 0 Å². The van der Waals surface area contributed by atoms with E-state index >= 15 is 0 Å². The molecule has 0 aliphatic heterocycles. The van der Waals surface area contributed by atoms with Crippen LogP contribution in [0.25, 0.3) is 106 Å². The molecule has 0 aliphatic rings. The van der Waals surface area contributed by atoms with Gasteiger partial charge < -0.3 is 13.4 Å². The number of aryl methyl sites for hydroxylation is 1. The average molecular weight is 669 g/mol. The van der Waals surface area contributed by atoms with Crippen LogP contribution >= 0.6 is 0 Å². The highest BCUT2D eigenvalue weighted by Gasteiger charge is 2.26. The van der Waals surface area contributed by atoms with Crippen molar-refractivity contribution in [3.8, 4) is 39.9 Å². The van der Waals surface area contributed by atoms with Crippen LogP contribution in [0.5, 0.6) is 0 Å². The molecule has 11 rings (SSSR count). The zero-order valence-electron chi connectivity index (χ0n) is 28.0. The van der Waals surface area contributed by atoms with Crippen molar-refractivity contribution in [3.63, 3.8) is 0 Å². The van der Waals surface area contributed by atoms with Gasteiger partial charge in [-0.05, 0) is 48.9 Å². The van der Waals surface area contributed by atoms with Gasteiger partial charge in [0.1, 0.15) is 22.3 Å². The maximum absolute atomic E-state index is 6.88. The maximum atomic E-state index is 6.88. The molecule has 52 heavy (non-hydrogen) atoms. The van der Waals surface area contributed by atoms with Crippen LogP contribution < -0.4 is 0 Å². The summed E-state index contributed by atoms with van der Waals surface area (Å²) in [4.78, 5) is 15.2. The predicted octanol–water partition coefficient (Wildman–Crippen LogP) is 12.1. The second kappa shape index (κ2) is 11.0. The number of furan rings is 2. The van der Waals surface area contributed by atoms with Gasteiger partial charge in [-0.25, -0.2) is 15.0 Å². The standard InChI is InChI=1S/C46H28N4O2/c1-27-26-35(50-34-21-11-8-18-30(34)31-24-25-38-41(42(31)50)33-20-10-12-22-36(33)51-38)40-32-19-9-13-23-37(32)52-43(40)39(27)46-48-44(28-14-4-2-5-15-28)47-45(49-46)29-16-6-3-7-17-29/h2-26H,1H3. The van der Waals surface area contributed by atoms with Gasteiger partial charge in [0.05, 0.1) is 33.1 Å². The number of rotatable bonds is 4. The van der Waals surface area contributed by atoms with E-state index in [1.807, 2.05) is 84.9 Å². The van der Waals surface area contributed by atoms with E-state index in [4.69, 9.17) is 23.8 Å². The summed E-state index contributed by atoms with van der Waals surface area (Å²) < 4.78 is 15.7. The molecule has 0 unspecified atom stereocenters. The highest BCUT2D eigenvalue weighted by molar-refractivity contribution is 6.25. The Balaban J connectivity index is 1.28. The van der Waals surface area contributed by atoms with Crippen LogP contribution in [0.3, 0.4) is 0 Å². The van der Waals surface area contributed by atoms with Gasteiger partial charge in [0.2, 0.25) is 0 Å². The number of nitrogens with zero attached hydrogens (tertiary/aromatic N) is 4. The SMILES string of the molecule is Cc1cc(-n2c3ccccc3c3ccc4oc5ccccc5c4c32)c2c(oc3ccccc32)c1-c1nc(-c2ccccc2)nc(-c2ccccc2)n1. The minimum absolute atomic E-state index is 0.561. The zero-order chi connectivity index (χ0) is 34.3. The number of para-hydroxylation sites is 3. The Morgan fingerprint density at radius 1 is 0.462 bits per heavy atom. The van der Waals surface area contributed by atoms with Crippen LogP contribution in [0.2, 0.25) is 0 Å². The minimum Gasteiger partial charge on any atom is -0.456 e. The lowest BCUT2D eigenvalue weighted by molar-refractivity contribution is 0.669. The normalized spacial score (nSPS) is 11.9. The summed E-state index contributed by atoms with van der Waals surface area (Å²) in [6.45, 7) is 2.12. The number of hydrogen-bond acceptors (Lipinski definition) is 5. The van der Waals surface area contributed by atoms with Crippen molar-refractivity contribution in [1.82, 2.24) is 19.5 Å². The first kappa shape index (κ1) is 28.8. The van der Waals surface area contributed by atoms with Gasteiger partial charge in [0, 0.05) is 32.7 Å². The molecule has 244 valence electrons. The molecule has 0 saturated carbocycles. The Hall–Kier alpha value is -7.05. The van der Waals surface area contributed by atoms with E-state index in [9.17, 15) is 0 Å². The summed E-state index contributed by atoms with van der Waals surface area (Å²) in [5.74, 6) is 1.77. The highest BCUT2D eigenvalue weighted by Crippen LogP contribution is 2.46. The number of fused-ring (bicyclic) bond motifs is 10. The fourth-order valence-corrected chi connectivity index (χ4v) is 7.89. The molecule has 0 radical (unpaired) electrons. The molecule has 11 aromatic rings. The Bertz CT molecular complexity index is 3130. The minimum atomic E-state index is 0.561. The van der Waals surface area contributed by atoms with Crippen LogP contribution in [-0.2, 0) is 0 Å². The van der Waals surface area contributed by atoms with E-state index in [1.54, 1.807) is 0 Å². The molecule has 0 bridgehead atoms. The first-order valence-electron chi connectivity index (χ1n) is 17.4. The second-order valence-corrected chi connectivity index (χ2v) is 13.2. The molecule has 4 heterocycles. The van der Waals surface area contributed by atoms with Crippen molar-refractivity contribution >= 4 is 65.7 Å². The van der Waals surface area contributed by atoms with Gasteiger partial charge in [-0.15, -0.1) is 0 Å². The zero-order valence-corrected chi connectivity index (χ0v) is 28.0. The van der Waals surface area contributed by atoms with E-state index in [0.717, 1.165) is 88.2 Å². The molecule has 0 saturated heterocycles. The first-order chi connectivity index (χ1) is 25.7. The Kier molecular flexibility index (Phi) is 6.07. The summed E-state index contributed by atoms with van der Waals surface area (Å²) in [6.07, 6.45) is 0. The Morgan fingerprint density at radius 3 is 1.71 bits per heavy atom. The van der Waals surface area contributed by atoms with E-state index in [1.165, 1.54) is 5.39 Å². The molecule has 4 aromatic heterocycles. The van der Waals surface area contributed by atoms with Gasteiger partial charge in [0.15, 0.2) is 17.5 Å². The van der Waals surface area contributed by atoms with E-state index < -0.39 is 0 Å². The van der Waals surface area contributed by atoms with Gasteiger partial charge in [0.25, 0.3) is 0 Å². The Labute approximate surface area is 297 Å². The van der Waals surface area contributed by atoms with E-state index in [0.29, 0.717) is 17.5 Å². The smallest absolute Gasteiger partial charge is 0.168 e. The van der Waals surface area contributed by atoms with Crippen molar-refractivity contribution in [2.24, 2.45) is 0 Å². The lowest BCUT2D eigenvalue weighted by atomic mass is 10.0. The lowest BCUT2D eigenvalue weighted by Gasteiger charge is -2.15. The van der Waals surface area contributed by atoms with Gasteiger partial charge in [-0.3, -0.25) is 0 Å².